The lowest BCUT2D eigenvalue weighted by molar-refractivity contribution is 0.663. The zero-order valence-electron chi connectivity index (χ0n) is 8.92. The molecule has 15 heavy (non-hydrogen) atoms. The van der Waals surface area contributed by atoms with E-state index in [1.165, 1.54) is 0 Å². The molecule has 82 valence electrons. The minimum Gasteiger partial charge on any atom is -0.249 e. The first-order valence-corrected chi connectivity index (χ1v) is 7.64. The highest BCUT2D eigenvalue weighted by Gasteiger charge is 2.19. The Labute approximate surface area is 99.4 Å². The smallest absolute Gasteiger partial charge is 0.0736 e. The number of aryl methyl sites for hydroxylation is 2. The van der Waals surface area contributed by atoms with Gasteiger partial charge in [-0.15, -0.1) is 0 Å². The molecule has 0 aromatic heterocycles. The summed E-state index contributed by atoms with van der Waals surface area (Å²) in [5.74, 6) is 1.53. The predicted molar refractivity (Wildman–Crippen MR) is 68.2 cm³/mol. The van der Waals surface area contributed by atoms with Gasteiger partial charge in [0.15, 0.2) is 0 Å². The van der Waals surface area contributed by atoms with E-state index in [-0.39, 0.29) is 0 Å². The van der Waals surface area contributed by atoms with Crippen LogP contribution in [0.3, 0.4) is 0 Å². The lowest BCUT2D eigenvalue weighted by atomic mass is 10.1. The number of halogens is 1. The standard InChI is InChI=1S/C11H14BrNOS/c1-8-6-10(7-9(2)11(8)12)13-15(14)4-3-5-15/h6-7H,3-5H2,1-2H3. The molecule has 1 fully saturated rings. The molecule has 1 aromatic rings. The summed E-state index contributed by atoms with van der Waals surface area (Å²) < 4.78 is 17.4. The molecule has 0 unspecified atom stereocenters. The van der Waals surface area contributed by atoms with Gasteiger partial charge in [0, 0.05) is 16.0 Å². The minimum absolute atomic E-state index is 0.765. The molecule has 0 bridgehead atoms. The molecular formula is C11H14BrNOS. The van der Waals surface area contributed by atoms with Crippen LogP contribution in [0.15, 0.2) is 21.0 Å². The van der Waals surface area contributed by atoms with E-state index in [9.17, 15) is 4.21 Å². The second-order valence-corrected chi connectivity index (χ2v) is 7.36. The van der Waals surface area contributed by atoms with Gasteiger partial charge < -0.3 is 0 Å². The van der Waals surface area contributed by atoms with Gasteiger partial charge in [-0.3, -0.25) is 0 Å². The minimum atomic E-state index is -1.88. The first kappa shape index (κ1) is 11.1. The van der Waals surface area contributed by atoms with E-state index in [4.69, 9.17) is 0 Å². The van der Waals surface area contributed by atoms with Crippen molar-refractivity contribution in [3.8, 4) is 0 Å². The molecule has 0 saturated carbocycles. The molecule has 1 aliphatic rings. The Morgan fingerprint density at radius 3 is 2.20 bits per heavy atom. The van der Waals surface area contributed by atoms with Crippen LogP contribution in [-0.2, 0) is 9.73 Å². The third-order valence-electron chi connectivity index (χ3n) is 2.62. The van der Waals surface area contributed by atoms with E-state index in [2.05, 4.69) is 20.3 Å². The average Bonchev–Trinajstić information content (AvgIpc) is 2.11. The van der Waals surface area contributed by atoms with Gasteiger partial charge in [-0.25, -0.2) is 4.21 Å². The van der Waals surface area contributed by atoms with Crippen LogP contribution in [0.5, 0.6) is 0 Å². The van der Waals surface area contributed by atoms with Crippen LogP contribution in [0.25, 0.3) is 0 Å². The Morgan fingerprint density at radius 2 is 1.80 bits per heavy atom. The van der Waals surface area contributed by atoms with E-state index >= 15 is 0 Å². The van der Waals surface area contributed by atoms with E-state index < -0.39 is 9.73 Å². The highest BCUT2D eigenvalue weighted by Crippen LogP contribution is 2.28. The van der Waals surface area contributed by atoms with Crippen LogP contribution >= 0.6 is 15.9 Å². The fourth-order valence-electron chi connectivity index (χ4n) is 1.65. The summed E-state index contributed by atoms with van der Waals surface area (Å²) in [7, 11) is -1.88. The number of hydrogen-bond donors (Lipinski definition) is 0. The zero-order valence-corrected chi connectivity index (χ0v) is 11.3. The van der Waals surface area contributed by atoms with Gasteiger partial charge in [-0.05, 0) is 43.5 Å². The molecule has 0 radical (unpaired) electrons. The Morgan fingerprint density at radius 1 is 1.27 bits per heavy atom. The molecule has 0 aliphatic carbocycles. The van der Waals surface area contributed by atoms with Crippen molar-refractivity contribution in [1.82, 2.24) is 0 Å². The maximum atomic E-state index is 11.9. The Bertz CT molecular complexity index is 482. The lowest BCUT2D eigenvalue weighted by Crippen LogP contribution is -2.22. The number of nitrogens with zero attached hydrogens (tertiary/aromatic N) is 1. The van der Waals surface area contributed by atoms with Crippen molar-refractivity contribution < 1.29 is 4.21 Å². The molecule has 2 nitrogen and oxygen atoms in total. The van der Waals surface area contributed by atoms with Gasteiger partial charge in [0.05, 0.1) is 15.4 Å². The first-order valence-electron chi connectivity index (χ1n) is 4.99. The van der Waals surface area contributed by atoms with Crippen molar-refractivity contribution in [1.29, 1.82) is 0 Å². The molecule has 0 amide bonds. The number of hydrogen-bond acceptors (Lipinski definition) is 2. The second-order valence-electron chi connectivity index (χ2n) is 4.02. The van der Waals surface area contributed by atoms with Gasteiger partial charge in [0.25, 0.3) is 0 Å². The van der Waals surface area contributed by atoms with Crippen molar-refractivity contribution in [3.05, 3.63) is 27.7 Å². The van der Waals surface area contributed by atoms with Crippen LogP contribution in [0.2, 0.25) is 0 Å². The molecule has 2 rings (SSSR count). The summed E-state index contributed by atoms with van der Waals surface area (Å²) in [6.45, 7) is 4.06. The summed E-state index contributed by atoms with van der Waals surface area (Å²) in [6, 6.07) is 3.98. The maximum Gasteiger partial charge on any atom is 0.0736 e. The molecule has 1 heterocycles. The fourth-order valence-corrected chi connectivity index (χ4v) is 3.33. The van der Waals surface area contributed by atoms with Crippen molar-refractivity contribution in [3.63, 3.8) is 0 Å². The van der Waals surface area contributed by atoms with Crippen LogP contribution in [-0.4, -0.2) is 15.7 Å². The first-order chi connectivity index (χ1) is 7.00. The highest BCUT2D eigenvalue weighted by molar-refractivity contribution is 9.10. The maximum absolute atomic E-state index is 11.9. The van der Waals surface area contributed by atoms with Gasteiger partial charge in [-0.2, -0.15) is 4.36 Å². The molecular weight excluding hydrogens is 274 g/mol. The highest BCUT2D eigenvalue weighted by atomic mass is 79.9. The summed E-state index contributed by atoms with van der Waals surface area (Å²) >= 11 is 3.51. The number of benzene rings is 1. The summed E-state index contributed by atoms with van der Waals surface area (Å²) in [5, 5.41) is 0. The monoisotopic (exact) mass is 287 g/mol. The molecule has 1 aliphatic heterocycles. The van der Waals surface area contributed by atoms with Crippen LogP contribution in [0.1, 0.15) is 17.5 Å². The van der Waals surface area contributed by atoms with Crippen LogP contribution in [0.4, 0.5) is 5.69 Å². The van der Waals surface area contributed by atoms with Gasteiger partial charge >= 0.3 is 0 Å². The van der Waals surface area contributed by atoms with Crippen molar-refractivity contribution >= 4 is 31.3 Å². The Balaban J connectivity index is 2.47. The predicted octanol–water partition coefficient (Wildman–Crippen LogP) is 3.57. The molecule has 0 spiro atoms. The van der Waals surface area contributed by atoms with Gasteiger partial charge in [-0.1, -0.05) is 15.9 Å². The van der Waals surface area contributed by atoms with Crippen molar-refractivity contribution in [2.24, 2.45) is 4.36 Å². The van der Waals surface area contributed by atoms with Gasteiger partial charge in [0.2, 0.25) is 0 Å². The third-order valence-corrected chi connectivity index (χ3v) is 6.27. The number of rotatable bonds is 1. The largest absolute Gasteiger partial charge is 0.249 e. The lowest BCUT2D eigenvalue weighted by Gasteiger charge is -2.18. The Kier molecular flexibility index (Phi) is 2.90. The van der Waals surface area contributed by atoms with E-state index in [0.29, 0.717) is 0 Å². The summed E-state index contributed by atoms with van der Waals surface area (Å²) in [6.07, 6.45) is 1.05. The molecule has 1 aromatic carbocycles. The van der Waals surface area contributed by atoms with Crippen LogP contribution < -0.4 is 0 Å². The van der Waals surface area contributed by atoms with Crippen molar-refractivity contribution in [2.75, 3.05) is 11.5 Å². The molecule has 4 heteroatoms. The topological polar surface area (TPSA) is 29.4 Å². The SMILES string of the molecule is Cc1cc(N=S2(=O)CCC2)cc(C)c1Br. The van der Waals surface area contributed by atoms with Crippen LogP contribution in [0, 0.1) is 13.8 Å². The molecule has 1 saturated heterocycles. The summed E-state index contributed by atoms with van der Waals surface area (Å²) in [4.78, 5) is 0. The van der Waals surface area contributed by atoms with E-state index in [0.717, 1.165) is 39.2 Å². The molecule has 0 atom stereocenters. The zero-order chi connectivity index (χ0) is 11.1. The third kappa shape index (κ3) is 2.26. The van der Waals surface area contributed by atoms with E-state index in [1.807, 2.05) is 26.0 Å². The van der Waals surface area contributed by atoms with E-state index in [1.54, 1.807) is 0 Å². The fraction of sp³-hybridized carbons (Fsp3) is 0.455. The summed E-state index contributed by atoms with van der Waals surface area (Å²) in [5.41, 5.74) is 3.16. The quantitative estimate of drug-likeness (QED) is 0.776. The normalized spacial score (nSPS) is 18.3. The average molecular weight is 288 g/mol. The van der Waals surface area contributed by atoms with Crippen molar-refractivity contribution in [2.45, 2.75) is 20.3 Å². The Hall–Kier alpha value is -0.350. The second kappa shape index (κ2) is 3.91. The van der Waals surface area contributed by atoms with Gasteiger partial charge in [0.1, 0.15) is 0 Å². The molecule has 0 N–H and O–H groups in total.